The molecule has 0 fully saturated rings. The van der Waals surface area contributed by atoms with Crippen LogP contribution in [0, 0.1) is 10.1 Å². The third kappa shape index (κ3) is 5.05. The van der Waals surface area contributed by atoms with Crippen LogP contribution in [0.5, 0.6) is 5.75 Å². The summed E-state index contributed by atoms with van der Waals surface area (Å²) in [5.41, 5.74) is 0.874. The van der Waals surface area contributed by atoms with Gasteiger partial charge in [-0.1, -0.05) is 12.2 Å². The van der Waals surface area contributed by atoms with Gasteiger partial charge in [0.1, 0.15) is 11.3 Å². The highest BCUT2D eigenvalue weighted by Gasteiger charge is 2.14. The zero-order valence-electron chi connectivity index (χ0n) is 16.7. The molecule has 3 aromatic rings. The molecule has 0 N–H and O–H groups in total. The lowest BCUT2D eigenvalue weighted by Gasteiger charge is -2.19. The fraction of sp³-hybridized carbons (Fsp3) is 0.130. The predicted octanol–water partition coefficient (Wildman–Crippen LogP) is 3.95. The number of rotatable bonds is 9. The lowest BCUT2D eigenvalue weighted by Crippen LogP contribution is -2.35. The Morgan fingerprint density at radius 1 is 1.10 bits per heavy atom. The van der Waals surface area contributed by atoms with E-state index >= 15 is 0 Å². The highest BCUT2D eigenvalue weighted by atomic mass is 16.6. The average Bonchev–Trinajstić information content (AvgIpc) is 2.76. The zero-order chi connectivity index (χ0) is 22.4. The number of carbonyl (C=O) groups is 1. The number of nitro groups is 1. The highest BCUT2D eigenvalue weighted by molar-refractivity contribution is 5.94. The summed E-state index contributed by atoms with van der Waals surface area (Å²) in [7, 11) is 0. The van der Waals surface area contributed by atoms with E-state index in [4.69, 9.17) is 9.15 Å². The van der Waals surface area contributed by atoms with Gasteiger partial charge in [0.2, 0.25) is 0 Å². The molecule has 8 heteroatoms. The van der Waals surface area contributed by atoms with Crippen molar-refractivity contribution in [3.63, 3.8) is 0 Å². The monoisotopic (exact) mass is 420 g/mol. The lowest BCUT2D eigenvalue weighted by atomic mass is 10.0. The zero-order valence-corrected chi connectivity index (χ0v) is 16.7. The summed E-state index contributed by atoms with van der Waals surface area (Å²) in [4.78, 5) is 36.3. The van der Waals surface area contributed by atoms with Gasteiger partial charge in [-0.2, -0.15) is 0 Å². The van der Waals surface area contributed by atoms with Crippen molar-refractivity contribution < 1.29 is 18.9 Å². The lowest BCUT2D eigenvalue weighted by molar-refractivity contribution is -0.384. The third-order valence-electron chi connectivity index (χ3n) is 4.52. The van der Waals surface area contributed by atoms with E-state index in [-0.39, 0.29) is 23.8 Å². The maximum absolute atomic E-state index is 12.3. The molecule has 0 atom stereocenters. The molecule has 8 nitrogen and oxygen atoms in total. The number of ether oxygens (including phenoxy) is 1. The van der Waals surface area contributed by atoms with Crippen molar-refractivity contribution in [3.05, 3.63) is 94.4 Å². The van der Waals surface area contributed by atoms with Crippen LogP contribution in [0.25, 0.3) is 22.1 Å². The van der Waals surface area contributed by atoms with E-state index in [0.29, 0.717) is 35.4 Å². The van der Waals surface area contributed by atoms with Crippen molar-refractivity contribution in [3.8, 4) is 16.9 Å². The minimum absolute atomic E-state index is 0.0432. The number of amides is 1. The Morgan fingerprint density at radius 3 is 2.39 bits per heavy atom. The van der Waals surface area contributed by atoms with Gasteiger partial charge in [0.05, 0.1) is 4.92 Å². The second-order valence-electron chi connectivity index (χ2n) is 6.61. The molecule has 1 amide bonds. The maximum Gasteiger partial charge on any atom is 0.336 e. The molecule has 0 aliphatic heterocycles. The second kappa shape index (κ2) is 9.53. The smallest absolute Gasteiger partial charge is 0.336 e. The van der Waals surface area contributed by atoms with Gasteiger partial charge in [0.25, 0.3) is 11.6 Å². The first-order valence-corrected chi connectivity index (χ1v) is 9.38. The number of benzene rings is 2. The Hall–Kier alpha value is -4.20. The van der Waals surface area contributed by atoms with Crippen molar-refractivity contribution in [1.29, 1.82) is 0 Å². The van der Waals surface area contributed by atoms with Crippen LogP contribution in [0.3, 0.4) is 0 Å². The van der Waals surface area contributed by atoms with Gasteiger partial charge in [0.15, 0.2) is 6.61 Å². The summed E-state index contributed by atoms with van der Waals surface area (Å²) >= 11 is 0. The molecule has 1 heterocycles. The van der Waals surface area contributed by atoms with Gasteiger partial charge in [0, 0.05) is 42.7 Å². The molecule has 0 bridgehead atoms. The Kier molecular flexibility index (Phi) is 6.61. The summed E-state index contributed by atoms with van der Waals surface area (Å²) < 4.78 is 10.9. The third-order valence-corrected chi connectivity index (χ3v) is 4.52. The van der Waals surface area contributed by atoms with E-state index in [0.717, 1.165) is 0 Å². The molecular weight excluding hydrogens is 400 g/mol. The van der Waals surface area contributed by atoms with E-state index in [1.54, 1.807) is 36.4 Å². The van der Waals surface area contributed by atoms with Crippen LogP contribution in [0.2, 0.25) is 0 Å². The number of fused-ring (bicyclic) bond motifs is 1. The normalized spacial score (nSPS) is 10.5. The average molecular weight is 420 g/mol. The molecule has 0 aliphatic rings. The molecule has 0 radical (unpaired) electrons. The molecule has 0 saturated carbocycles. The first-order valence-electron chi connectivity index (χ1n) is 9.38. The molecule has 158 valence electrons. The van der Waals surface area contributed by atoms with Crippen LogP contribution < -0.4 is 10.4 Å². The maximum atomic E-state index is 12.3. The molecule has 0 saturated heterocycles. The van der Waals surface area contributed by atoms with Crippen LogP contribution in [-0.4, -0.2) is 35.4 Å². The van der Waals surface area contributed by atoms with Crippen molar-refractivity contribution in [2.45, 2.75) is 0 Å². The van der Waals surface area contributed by atoms with E-state index in [1.165, 1.54) is 29.2 Å². The molecule has 3 rings (SSSR count). The molecular formula is C23H20N2O6. The van der Waals surface area contributed by atoms with E-state index in [2.05, 4.69) is 13.2 Å². The van der Waals surface area contributed by atoms with E-state index in [1.807, 2.05) is 0 Å². The summed E-state index contributed by atoms with van der Waals surface area (Å²) in [6, 6.07) is 12.1. The number of non-ortho nitro benzene ring substituents is 1. The summed E-state index contributed by atoms with van der Waals surface area (Å²) in [5.74, 6) is 0.128. The fourth-order valence-corrected chi connectivity index (χ4v) is 3.06. The minimum Gasteiger partial charge on any atom is -0.484 e. The van der Waals surface area contributed by atoms with Crippen LogP contribution >= 0.6 is 0 Å². The summed E-state index contributed by atoms with van der Waals surface area (Å²) in [5, 5.41) is 11.5. The Bertz CT molecular complexity index is 1190. The van der Waals surface area contributed by atoms with E-state index in [9.17, 15) is 19.7 Å². The van der Waals surface area contributed by atoms with Crippen molar-refractivity contribution in [2.24, 2.45) is 0 Å². The van der Waals surface area contributed by atoms with Crippen molar-refractivity contribution >= 4 is 22.6 Å². The number of nitrogens with zero attached hydrogens (tertiary/aromatic N) is 2. The second-order valence-corrected chi connectivity index (χ2v) is 6.61. The Labute approximate surface area is 177 Å². The SMILES string of the molecule is C=CCN(CC=C)C(=O)COc1ccc2c(-c3ccc([N+](=O)[O-])cc3)cc(=O)oc2c1. The number of hydrogen-bond donors (Lipinski definition) is 0. The first kappa shape index (κ1) is 21.5. The van der Waals surface area contributed by atoms with Gasteiger partial charge >= 0.3 is 5.63 Å². The largest absolute Gasteiger partial charge is 0.484 e. The molecule has 0 aliphatic carbocycles. The molecule has 0 unspecified atom stereocenters. The van der Waals surface area contributed by atoms with E-state index < -0.39 is 10.5 Å². The first-order chi connectivity index (χ1) is 14.9. The molecule has 2 aromatic carbocycles. The predicted molar refractivity (Wildman–Crippen MR) is 117 cm³/mol. The topological polar surface area (TPSA) is 103 Å². The highest BCUT2D eigenvalue weighted by Crippen LogP contribution is 2.30. The molecule has 31 heavy (non-hydrogen) atoms. The van der Waals surface area contributed by atoms with Gasteiger partial charge in [-0.15, -0.1) is 13.2 Å². The summed E-state index contributed by atoms with van der Waals surface area (Å²) in [6.45, 7) is 7.81. The van der Waals surface area contributed by atoms with Crippen LogP contribution in [0.1, 0.15) is 0 Å². The van der Waals surface area contributed by atoms with Crippen molar-refractivity contribution in [2.75, 3.05) is 19.7 Å². The molecule has 0 spiro atoms. The number of hydrogen-bond acceptors (Lipinski definition) is 6. The fourth-order valence-electron chi connectivity index (χ4n) is 3.06. The van der Waals surface area contributed by atoms with Gasteiger partial charge in [-0.25, -0.2) is 4.79 Å². The van der Waals surface area contributed by atoms with Gasteiger partial charge in [-0.3, -0.25) is 14.9 Å². The summed E-state index contributed by atoms with van der Waals surface area (Å²) in [6.07, 6.45) is 3.23. The quantitative estimate of drug-likeness (QED) is 0.225. The number of nitro benzene ring substituents is 1. The van der Waals surface area contributed by atoms with Crippen molar-refractivity contribution in [1.82, 2.24) is 4.90 Å². The van der Waals surface area contributed by atoms with Gasteiger partial charge in [-0.05, 0) is 35.4 Å². The van der Waals surface area contributed by atoms with Crippen LogP contribution in [0.4, 0.5) is 5.69 Å². The number of carbonyl (C=O) groups excluding carboxylic acids is 1. The van der Waals surface area contributed by atoms with Crippen LogP contribution in [-0.2, 0) is 4.79 Å². The Morgan fingerprint density at radius 2 is 1.77 bits per heavy atom. The minimum atomic E-state index is -0.572. The standard InChI is InChI=1S/C23H20N2O6/c1-3-11-24(12-4-2)22(26)15-30-18-9-10-19-20(14-23(27)31-21(19)13-18)16-5-7-17(8-6-16)25(28)29/h3-10,13-14H,1-2,11-12,15H2. The molecule has 1 aromatic heterocycles. The Balaban J connectivity index is 1.87. The van der Waals surface area contributed by atoms with Crippen LogP contribution in [0.15, 0.2) is 83.1 Å². The van der Waals surface area contributed by atoms with Gasteiger partial charge < -0.3 is 14.1 Å².